The number of hydrazine groups is 1. The standard InChI is InChI=1S/C12H16FN4O3P/c13-9-4-2-8(3-5-9)10(18)16-21(20)12(14)6-1-7-17(15)11(12)19/h2-5,21H,1,6-7,14-15H2,(H,16,18,20)/t12-/m0/s1. The number of rotatable bonds is 3. The molecule has 1 aliphatic heterocycles. The molecule has 0 spiro atoms. The van der Waals surface area contributed by atoms with Crippen LogP contribution in [0.4, 0.5) is 4.39 Å². The number of hydrogen-bond acceptors (Lipinski definition) is 5. The Morgan fingerprint density at radius 1 is 1.38 bits per heavy atom. The number of benzene rings is 1. The van der Waals surface area contributed by atoms with E-state index in [1.165, 1.54) is 12.1 Å². The quantitative estimate of drug-likeness (QED) is 0.418. The number of piperidine rings is 1. The highest BCUT2D eigenvalue weighted by molar-refractivity contribution is 7.46. The van der Waals surface area contributed by atoms with Gasteiger partial charge in [0.05, 0.1) is 0 Å². The second kappa shape index (κ2) is 5.93. The maximum Gasteiger partial charge on any atom is 0.265 e. The Labute approximate surface area is 121 Å². The Bertz CT molecular complexity index is 595. The van der Waals surface area contributed by atoms with E-state index < -0.39 is 30.9 Å². The summed E-state index contributed by atoms with van der Waals surface area (Å²) in [4.78, 5) is 23.9. The van der Waals surface area contributed by atoms with Crippen molar-refractivity contribution in [2.24, 2.45) is 11.6 Å². The number of nitrogens with one attached hydrogen (secondary N) is 1. The van der Waals surface area contributed by atoms with Gasteiger partial charge in [0.2, 0.25) is 0 Å². The molecular formula is C12H16FN4O3P. The molecule has 114 valence electrons. The minimum Gasteiger partial charge on any atom is -0.310 e. The van der Waals surface area contributed by atoms with Crippen molar-refractivity contribution in [1.82, 2.24) is 10.1 Å². The second-order valence-corrected chi connectivity index (χ2v) is 6.66. The van der Waals surface area contributed by atoms with E-state index in [-0.39, 0.29) is 12.0 Å². The van der Waals surface area contributed by atoms with Crippen molar-refractivity contribution < 1.29 is 18.5 Å². The van der Waals surface area contributed by atoms with Crippen molar-refractivity contribution >= 4 is 19.8 Å². The average molecular weight is 314 g/mol. The van der Waals surface area contributed by atoms with Crippen molar-refractivity contribution in [3.8, 4) is 0 Å². The summed E-state index contributed by atoms with van der Waals surface area (Å²) in [6.45, 7) is 0.332. The van der Waals surface area contributed by atoms with Gasteiger partial charge in [-0.05, 0) is 37.1 Å². The van der Waals surface area contributed by atoms with Gasteiger partial charge in [-0.1, -0.05) is 0 Å². The summed E-state index contributed by atoms with van der Waals surface area (Å²) in [5.74, 6) is 3.66. The molecule has 1 heterocycles. The molecule has 21 heavy (non-hydrogen) atoms. The summed E-state index contributed by atoms with van der Waals surface area (Å²) in [6, 6.07) is 4.72. The topological polar surface area (TPSA) is 119 Å². The molecule has 2 amide bonds. The number of nitrogens with zero attached hydrogens (tertiary/aromatic N) is 1. The molecule has 1 saturated heterocycles. The molecule has 0 saturated carbocycles. The number of halogens is 1. The maximum atomic E-state index is 12.8. The normalized spacial score (nSPS) is 23.8. The first-order chi connectivity index (χ1) is 9.84. The number of nitrogens with two attached hydrogens (primary N) is 2. The lowest BCUT2D eigenvalue weighted by Crippen LogP contribution is -2.60. The Kier molecular flexibility index (Phi) is 4.41. The molecule has 7 nitrogen and oxygen atoms in total. The monoisotopic (exact) mass is 314 g/mol. The van der Waals surface area contributed by atoms with E-state index in [1.54, 1.807) is 0 Å². The molecule has 1 aliphatic rings. The zero-order chi connectivity index (χ0) is 15.6. The molecule has 9 heteroatoms. The Morgan fingerprint density at radius 2 is 2.00 bits per heavy atom. The number of amides is 2. The predicted molar refractivity (Wildman–Crippen MR) is 74.9 cm³/mol. The van der Waals surface area contributed by atoms with Crippen LogP contribution in [0.15, 0.2) is 24.3 Å². The van der Waals surface area contributed by atoms with Crippen LogP contribution >= 0.6 is 7.95 Å². The maximum absolute atomic E-state index is 12.8. The lowest BCUT2D eigenvalue weighted by atomic mass is 10.1. The number of hydrogen-bond donors (Lipinski definition) is 3. The summed E-state index contributed by atoms with van der Waals surface area (Å²) in [6.07, 6.45) is 0.683. The molecule has 1 aromatic rings. The van der Waals surface area contributed by atoms with E-state index in [1.807, 2.05) is 0 Å². The van der Waals surface area contributed by atoms with Crippen molar-refractivity contribution in [3.63, 3.8) is 0 Å². The first-order valence-corrected chi connectivity index (χ1v) is 7.72. The van der Waals surface area contributed by atoms with Crippen molar-refractivity contribution in [1.29, 1.82) is 0 Å². The smallest absolute Gasteiger partial charge is 0.265 e. The SMILES string of the molecule is NN1CCC[C@](N)([PH](=O)NC(=O)c2ccc(F)cc2)C1=O. The molecular weight excluding hydrogens is 298 g/mol. The van der Waals surface area contributed by atoms with Crippen LogP contribution in [0.3, 0.4) is 0 Å². The molecule has 0 aliphatic carbocycles. The lowest BCUT2D eigenvalue weighted by molar-refractivity contribution is -0.136. The second-order valence-electron chi connectivity index (χ2n) is 4.86. The van der Waals surface area contributed by atoms with E-state index >= 15 is 0 Å². The molecule has 0 aromatic heterocycles. The van der Waals surface area contributed by atoms with Crippen LogP contribution < -0.4 is 16.7 Å². The predicted octanol–water partition coefficient (Wildman–Crippen LogP) is 0.181. The minimum absolute atomic E-state index is 0.131. The van der Waals surface area contributed by atoms with Crippen LogP contribution in [0, 0.1) is 5.82 Å². The van der Waals surface area contributed by atoms with Gasteiger partial charge in [0, 0.05) is 12.1 Å². The minimum atomic E-state index is -2.96. The Balaban J connectivity index is 2.11. The van der Waals surface area contributed by atoms with Gasteiger partial charge < -0.3 is 15.4 Å². The van der Waals surface area contributed by atoms with Gasteiger partial charge in [-0.2, -0.15) is 0 Å². The van der Waals surface area contributed by atoms with E-state index in [4.69, 9.17) is 11.6 Å². The van der Waals surface area contributed by atoms with Gasteiger partial charge in [-0.15, -0.1) is 0 Å². The van der Waals surface area contributed by atoms with Crippen molar-refractivity contribution in [2.45, 2.75) is 18.1 Å². The Hall–Kier alpha value is -1.76. The fourth-order valence-electron chi connectivity index (χ4n) is 2.09. The summed E-state index contributed by atoms with van der Waals surface area (Å²) in [7, 11) is -2.96. The van der Waals surface area contributed by atoms with E-state index in [0.717, 1.165) is 17.1 Å². The van der Waals surface area contributed by atoms with Crippen LogP contribution in [0.1, 0.15) is 23.2 Å². The average Bonchev–Trinajstić information content (AvgIpc) is 2.45. The zero-order valence-corrected chi connectivity index (χ0v) is 12.1. The van der Waals surface area contributed by atoms with Crippen molar-refractivity contribution in [3.05, 3.63) is 35.6 Å². The van der Waals surface area contributed by atoms with Crippen LogP contribution in [-0.4, -0.2) is 28.6 Å². The van der Waals surface area contributed by atoms with E-state index in [0.29, 0.717) is 13.0 Å². The number of carbonyl (C=O) groups is 2. The molecule has 2 atom stereocenters. The molecule has 1 fully saturated rings. The van der Waals surface area contributed by atoms with E-state index in [9.17, 15) is 18.5 Å². The van der Waals surface area contributed by atoms with E-state index in [2.05, 4.69) is 5.09 Å². The zero-order valence-electron chi connectivity index (χ0n) is 11.1. The van der Waals surface area contributed by atoms with Crippen LogP contribution in [-0.2, 0) is 9.36 Å². The fourth-order valence-corrected chi connectivity index (χ4v) is 3.41. The summed E-state index contributed by atoms with van der Waals surface area (Å²) in [5.41, 5.74) is 6.00. The van der Waals surface area contributed by atoms with Gasteiger partial charge in [0.25, 0.3) is 11.8 Å². The Morgan fingerprint density at radius 3 is 2.62 bits per heavy atom. The molecule has 2 rings (SSSR count). The fraction of sp³-hybridized carbons (Fsp3) is 0.333. The van der Waals surface area contributed by atoms with Crippen LogP contribution in [0.5, 0.6) is 0 Å². The highest BCUT2D eigenvalue weighted by Crippen LogP contribution is 2.38. The van der Waals surface area contributed by atoms with Gasteiger partial charge in [0.15, 0.2) is 13.2 Å². The lowest BCUT2D eigenvalue weighted by Gasteiger charge is -2.35. The van der Waals surface area contributed by atoms with Crippen LogP contribution in [0.25, 0.3) is 0 Å². The highest BCUT2D eigenvalue weighted by Gasteiger charge is 2.45. The van der Waals surface area contributed by atoms with Gasteiger partial charge in [-0.25, -0.2) is 10.2 Å². The third-order valence-corrected chi connectivity index (χ3v) is 5.08. The molecule has 1 aromatic carbocycles. The van der Waals surface area contributed by atoms with Gasteiger partial charge in [-0.3, -0.25) is 14.6 Å². The third kappa shape index (κ3) is 3.12. The first kappa shape index (κ1) is 15.6. The summed E-state index contributed by atoms with van der Waals surface area (Å²) < 4.78 is 25.1. The summed E-state index contributed by atoms with van der Waals surface area (Å²) >= 11 is 0. The van der Waals surface area contributed by atoms with Crippen LogP contribution in [0.2, 0.25) is 0 Å². The largest absolute Gasteiger partial charge is 0.310 e. The molecule has 0 radical (unpaired) electrons. The molecule has 1 unspecified atom stereocenters. The van der Waals surface area contributed by atoms with Crippen molar-refractivity contribution in [2.75, 3.05) is 6.54 Å². The highest BCUT2D eigenvalue weighted by atomic mass is 31.1. The first-order valence-electron chi connectivity index (χ1n) is 6.31. The van der Waals surface area contributed by atoms with Gasteiger partial charge >= 0.3 is 0 Å². The third-order valence-electron chi connectivity index (χ3n) is 3.35. The molecule has 5 N–H and O–H groups in total. The number of carbonyl (C=O) groups excluding carboxylic acids is 2. The summed E-state index contributed by atoms with van der Waals surface area (Å²) in [5, 5.41) is 1.47. The van der Waals surface area contributed by atoms with Gasteiger partial charge in [0.1, 0.15) is 5.82 Å². The molecule has 0 bridgehead atoms.